The van der Waals surface area contributed by atoms with E-state index in [4.69, 9.17) is 7.85 Å². The van der Waals surface area contributed by atoms with Crippen LogP contribution >= 0.6 is 0 Å². The number of hydrogen-bond acceptors (Lipinski definition) is 1. The van der Waals surface area contributed by atoms with Crippen LogP contribution in [0.15, 0.2) is 0 Å². The van der Waals surface area contributed by atoms with Crippen LogP contribution in [0.1, 0.15) is 6.92 Å². The summed E-state index contributed by atoms with van der Waals surface area (Å²) in [6.07, 6.45) is 0.231. The Balaban J connectivity index is 2.83. The lowest BCUT2D eigenvalue weighted by Crippen LogP contribution is -2.20. The van der Waals surface area contributed by atoms with E-state index in [-0.39, 0.29) is 12.4 Å². The minimum Gasteiger partial charge on any atom is -0.365 e. The maximum atomic E-state index is 9.85. The van der Waals surface area contributed by atoms with Gasteiger partial charge in [-0.1, -0.05) is 0 Å². The van der Waals surface area contributed by atoms with Crippen LogP contribution in [-0.4, -0.2) is 20.2 Å². The standard InChI is InChI=1S/C3H6BNO/c1-3(6)5-2-4/h2H2,1H3,(H,5,6). The SMILES string of the molecule is [B]CNC(C)=O. The number of hydrogen-bond donors (Lipinski definition) is 1. The molecule has 0 fully saturated rings. The summed E-state index contributed by atoms with van der Waals surface area (Å²) in [6, 6.07) is 0. The number of carbonyl (C=O) groups is 1. The molecule has 0 spiro atoms. The average molecular weight is 82.9 g/mol. The van der Waals surface area contributed by atoms with Crippen LogP contribution < -0.4 is 5.32 Å². The van der Waals surface area contributed by atoms with Crippen LogP contribution in [0.4, 0.5) is 0 Å². The predicted molar refractivity (Wildman–Crippen MR) is 24.4 cm³/mol. The first-order chi connectivity index (χ1) is 2.77. The summed E-state index contributed by atoms with van der Waals surface area (Å²) in [5, 5.41) is 2.35. The molecular formula is C3H6BNO. The molecule has 0 heterocycles. The zero-order valence-corrected chi connectivity index (χ0v) is 3.69. The number of carbonyl (C=O) groups excluding carboxylic acids is 1. The zero-order valence-electron chi connectivity index (χ0n) is 3.69. The van der Waals surface area contributed by atoms with Gasteiger partial charge in [0.1, 0.15) is 0 Å². The predicted octanol–water partition coefficient (Wildman–Crippen LogP) is -0.752. The molecule has 0 aromatic rings. The number of amides is 1. The van der Waals surface area contributed by atoms with Crippen molar-refractivity contribution in [3.8, 4) is 0 Å². The van der Waals surface area contributed by atoms with Crippen molar-refractivity contribution in [3.05, 3.63) is 0 Å². The Hall–Kier alpha value is -0.465. The first kappa shape index (κ1) is 5.53. The van der Waals surface area contributed by atoms with Crippen molar-refractivity contribution in [2.24, 2.45) is 0 Å². The second-order valence-electron chi connectivity index (χ2n) is 0.937. The summed E-state index contributed by atoms with van der Waals surface area (Å²) in [5.74, 6) is -0.0856. The summed E-state index contributed by atoms with van der Waals surface area (Å²) >= 11 is 0. The van der Waals surface area contributed by atoms with E-state index in [9.17, 15) is 4.79 Å². The molecule has 0 aliphatic rings. The Morgan fingerprint density at radius 2 is 2.50 bits per heavy atom. The molecule has 3 heteroatoms. The Labute approximate surface area is 38.3 Å². The molecular weight excluding hydrogens is 76.9 g/mol. The van der Waals surface area contributed by atoms with E-state index in [0.29, 0.717) is 0 Å². The average Bonchev–Trinajstić information content (AvgIpc) is 1.35. The first-order valence-corrected chi connectivity index (χ1v) is 1.72. The molecule has 32 valence electrons. The van der Waals surface area contributed by atoms with E-state index in [0.717, 1.165) is 0 Å². The van der Waals surface area contributed by atoms with E-state index < -0.39 is 0 Å². The van der Waals surface area contributed by atoms with Gasteiger partial charge in [0.15, 0.2) is 0 Å². The molecule has 0 aliphatic heterocycles. The fraction of sp³-hybridized carbons (Fsp3) is 0.667. The molecule has 0 aromatic carbocycles. The van der Waals surface area contributed by atoms with Crippen molar-refractivity contribution in [1.82, 2.24) is 5.32 Å². The van der Waals surface area contributed by atoms with E-state index in [1.54, 1.807) is 0 Å². The maximum absolute atomic E-state index is 9.85. The molecule has 1 amide bonds. The van der Waals surface area contributed by atoms with E-state index in [1.807, 2.05) is 0 Å². The summed E-state index contributed by atoms with van der Waals surface area (Å²) in [5.41, 5.74) is 0. The molecule has 1 N–H and O–H groups in total. The van der Waals surface area contributed by atoms with Gasteiger partial charge in [-0.15, -0.1) is 0 Å². The summed E-state index contributed by atoms with van der Waals surface area (Å²) in [4.78, 5) is 9.85. The third-order valence-corrected chi connectivity index (χ3v) is 0.351. The quantitative estimate of drug-likeness (QED) is 0.415. The Kier molecular flexibility index (Phi) is 2.54. The summed E-state index contributed by atoms with van der Waals surface area (Å²) in [6.45, 7) is 1.42. The molecule has 2 radical (unpaired) electrons. The lowest BCUT2D eigenvalue weighted by Gasteiger charge is -1.89. The second-order valence-corrected chi connectivity index (χ2v) is 0.937. The molecule has 2 nitrogen and oxygen atoms in total. The minimum absolute atomic E-state index is 0.0856. The Morgan fingerprint density at radius 1 is 2.00 bits per heavy atom. The van der Waals surface area contributed by atoms with Gasteiger partial charge in [0.2, 0.25) is 5.91 Å². The topological polar surface area (TPSA) is 29.1 Å². The molecule has 6 heavy (non-hydrogen) atoms. The van der Waals surface area contributed by atoms with Gasteiger partial charge in [-0.05, 0) is 6.44 Å². The highest BCUT2D eigenvalue weighted by molar-refractivity contribution is 6.09. The smallest absolute Gasteiger partial charge is 0.216 e. The summed E-state index contributed by atoms with van der Waals surface area (Å²) in [7, 11) is 4.90. The third-order valence-electron chi connectivity index (χ3n) is 0.351. The van der Waals surface area contributed by atoms with Crippen molar-refractivity contribution in [3.63, 3.8) is 0 Å². The Morgan fingerprint density at radius 3 is 2.50 bits per heavy atom. The lowest BCUT2D eigenvalue weighted by atomic mass is 10.2. The van der Waals surface area contributed by atoms with Crippen molar-refractivity contribution >= 4 is 13.8 Å². The monoisotopic (exact) mass is 83.1 g/mol. The van der Waals surface area contributed by atoms with Gasteiger partial charge in [-0.2, -0.15) is 0 Å². The van der Waals surface area contributed by atoms with Crippen LogP contribution in [-0.2, 0) is 4.79 Å². The van der Waals surface area contributed by atoms with Gasteiger partial charge in [0.25, 0.3) is 0 Å². The molecule has 0 aromatic heterocycles. The largest absolute Gasteiger partial charge is 0.365 e. The van der Waals surface area contributed by atoms with Crippen LogP contribution in [0.5, 0.6) is 0 Å². The van der Waals surface area contributed by atoms with Crippen LogP contribution in [0.2, 0.25) is 0 Å². The van der Waals surface area contributed by atoms with Crippen molar-refractivity contribution < 1.29 is 4.79 Å². The fourth-order valence-electron chi connectivity index (χ4n) is 0.144. The van der Waals surface area contributed by atoms with Crippen molar-refractivity contribution in [2.45, 2.75) is 6.92 Å². The van der Waals surface area contributed by atoms with E-state index in [1.165, 1.54) is 6.92 Å². The number of nitrogens with one attached hydrogen (secondary N) is 1. The van der Waals surface area contributed by atoms with Gasteiger partial charge in [-0.3, -0.25) is 4.79 Å². The van der Waals surface area contributed by atoms with Gasteiger partial charge in [0, 0.05) is 6.92 Å². The van der Waals surface area contributed by atoms with E-state index in [2.05, 4.69) is 5.32 Å². The number of rotatable bonds is 1. The highest BCUT2D eigenvalue weighted by Crippen LogP contribution is 1.50. The van der Waals surface area contributed by atoms with Gasteiger partial charge in [-0.25, -0.2) is 0 Å². The molecule has 0 saturated heterocycles. The second kappa shape index (κ2) is 2.76. The third kappa shape index (κ3) is 3.53. The van der Waals surface area contributed by atoms with Crippen LogP contribution in [0.3, 0.4) is 0 Å². The van der Waals surface area contributed by atoms with Gasteiger partial charge >= 0.3 is 0 Å². The molecule has 0 unspecified atom stereocenters. The normalized spacial score (nSPS) is 7.50. The van der Waals surface area contributed by atoms with E-state index >= 15 is 0 Å². The van der Waals surface area contributed by atoms with Gasteiger partial charge in [0.05, 0.1) is 7.85 Å². The lowest BCUT2D eigenvalue weighted by molar-refractivity contribution is -0.118. The zero-order chi connectivity index (χ0) is 4.99. The fourth-order valence-corrected chi connectivity index (χ4v) is 0.144. The van der Waals surface area contributed by atoms with Crippen molar-refractivity contribution in [2.75, 3.05) is 6.44 Å². The highest BCUT2D eigenvalue weighted by Gasteiger charge is 1.78. The first-order valence-electron chi connectivity index (χ1n) is 1.72. The van der Waals surface area contributed by atoms with Crippen LogP contribution in [0.25, 0.3) is 0 Å². The molecule has 0 saturated carbocycles. The Bertz CT molecular complexity index is 54.8. The van der Waals surface area contributed by atoms with Gasteiger partial charge < -0.3 is 5.32 Å². The molecule has 0 atom stereocenters. The maximum Gasteiger partial charge on any atom is 0.216 e. The minimum atomic E-state index is -0.0856. The summed E-state index contributed by atoms with van der Waals surface area (Å²) < 4.78 is 0. The molecule has 0 aliphatic carbocycles. The van der Waals surface area contributed by atoms with Crippen LogP contribution in [0, 0.1) is 0 Å². The highest BCUT2D eigenvalue weighted by atomic mass is 16.1. The van der Waals surface area contributed by atoms with Crippen molar-refractivity contribution in [1.29, 1.82) is 0 Å². The molecule has 0 rings (SSSR count). The molecule has 0 bridgehead atoms.